The van der Waals surface area contributed by atoms with Crippen LogP contribution >= 0.6 is 11.9 Å². The molecule has 1 aromatic rings. The van der Waals surface area contributed by atoms with Gasteiger partial charge in [0.05, 0.1) is 10.5 Å². The van der Waals surface area contributed by atoms with E-state index < -0.39 is 10.6 Å². The molecule has 5 nitrogen and oxygen atoms in total. The number of nitro groups is 1. The van der Waals surface area contributed by atoms with Crippen molar-refractivity contribution in [3.63, 3.8) is 0 Å². The summed E-state index contributed by atoms with van der Waals surface area (Å²) in [6.45, 7) is 0. The number of hydrogen-bond acceptors (Lipinski definition) is 4. The molecule has 0 aliphatic heterocycles. The molecule has 14 heavy (non-hydrogen) atoms. The quantitative estimate of drug-likeness (QED) is 0.477. The van der Waals surface area contributed by atoms with Gasteiger partial charge in [-0.3, -0.25) is 10.1 Å². The predicted octanol–water partition coefficient (Wildman–Crippen LogP) is 2.35. The van der Waals surface area contributed by atoms with Crippen LogP contribution in [0.15, 0.2) is 30.5 Å². The maximum Gasteiger partial charge on any atom is 0.314 e. The molecule has 0 saturated heterocycles. The van der Waals surface area contributed by atoms with Crippen molar-refractivity contribution in [2.75, 3.05) is 0 Å². The number of halogens is 1. The van der Waals surface area contributed by atoms with Gasteiger partial charge in [-0.2, -0.15) is 0 Å². The molecule has 0 aliphatic carbocycles. The summed E-state index contributed by atoms with van der Waals surface area (Å²) in [5.74, 6) is 0.117. The minimum Gasteiger partial charge on any atom is -0.509 e. The molecule has 0 amide bonds. The fraction of sp³-hybridized carbons (Fsp3) is 0. The summed E-state index contributed by atoms with van der Waals surface area (Å²) in [5.41, 5.74) is -0.351. The number of benzene rings is 1. The van der Waals surface area contributed by atoms with Crippen LogP contribution in [0.2, 0.25) is 0 Å². The van der Waals surface area contributed by atoms with E-state index in [1.165, 1.54) is 12.1 Å². The van der Waals surface area contributed by atoms with Gasteiger partial charge in [0.1, 0.15) is 11.9 Å². The summed E-state index contributed by atoms with van der Waals surface area (Å²) in [4.78, 5) is 9.75. The Labute approximate surface area is 84.5 Å². The lowest BCUT2D eigenvalue weighted by Gasteiger charge is -2.01. The van der Waals surface area contributed by atoms with Crippen molar-refractivity contribution < 1.29 is 14.3 Å². The molecule has 0 spiro atoms. The van der Waals surface area contributed by atoms with Crippen LogP contribution in [0.1, 0.15) is 5.56 Å². The van der Waals surface area contributed by atoms with Gasteiger partial charge < -0.3 is 9.40 Å². The molecular formula is C8H6ClNO4. The second-order valence-corrected chi connectivity index (χ2v) is 2.50. The number of rotatable bonds is 3. The third-order valence-electron chi connectivity index (χ3n) is 1.57. The zero-order chi connectivity index (χ0) is 10.6. The van der Waals surface area contributed by atoms with Crippen LogP contribution in [0.4, 0.5) is 0 Å². The Morgan fingerprint density at radius 2 is 2.21 bits per heavy atom. The van der Waals surface area contributed by atoms with Crippen LogP contribution in [0.3, 0.4) is 0 Å². The highest BCUT2D eigenvalue weighted by molar-refractivity contribution is 6.09. The van der Waals surface area contributed by atoms with Crippen LogP contribution < -0.4 is 4.29 Å². The smallest absolute Gasteiger partial charge is 0.314 e. The molecule has 0 saturated carbocycles. The highest BCUT2D eigenvalue weighted by Crippen LogP contribution is 2.26. The van der Waals surface area contributed by atoms with Crippen LogP contribution in [0, 0.1) is 10.1 Å². The molecule has 0 radical (unpaired) electrons. The Morgan fingerprint density at radius 3 is 2.71 bits per heavy atom. The SMILES string of the molecule is O=[N+]([O-])C(=CO)c1ccccc1OCl. The van der Waals surface area contributed by atoms with E-state index in [1.54, 1.807) is 12.1 Å². The van der Waals surface area contributed by atoms with Crippen molar-refractivity contribution in [2.45, 2.75) is 0 Å². The highest BCUT2D eigenvalue weighted by atomic mass is 35.5. The van der Waals surface area contributed by atoms with Crippen molar-refractivity contribution in [1.29, 1.82) is 0 Å². The van der Waals surface area contributed by atoms with Gasteiger partial charge in [0.2, 0.25) is 0 Å². The van der Waals surface area contributed by atoms with E-state index in [0.717, 1.165) is 0 Å². The van der Waals surface area contributed by atoms with E-state index in [4.69, 9.17) is 17.0 Å². The van der Waals surface area contributed by atoms with Gasteiger partial charge in [-0.25, -0.2) is 0 Å². The Balaban J connectivity index is 3.23. The average Bonchev–Trinajstić information content (AvgIpc) is 2.19. The van der Waals surface area contributed by atoms with Crippen LogP contribution in [0.25, 0.3) is 5.70 Å². The van der Waals surface area contributed by atoms with Crippen molar-refractivity contribution >= 4 is 17.6 Å². The van der Waals surface area contributed by atoms with Crippen molar-refractivity contribution in [3.05, 3.63) is 46.2 Å². The number of hydrogen-bond donors (Lipinski definition) is 1. The van der Waals surface area contributed by atoms with Crippen molar-refractivity contribution in [3.8, 4) is 5.75 Å². The molecule has 1 aromatic carbocycles. The van der Waals surface area contributed by atoms with Crippen LogP contribution in [0.5, 0.6) is 5.75 Å². The molecule has 74 valence electrons. The van der Waals surface area contributed by atoms with Gasteiger partial charge in [-0.05, 0) is 12.1 Å². The fourth-order valence-corrected chi connectivity index (χ4v) is 1.10. The summed E-state index contributed by atoms with van der Waals surface area (Å²) < 4.78 is 4.39. The molecule has 0 unspecified atom stereocenters. The van der Waals surface area contributed by atoms with E-state index >= 15 is 0 Å². The first kappa shape index (κ1) is 10.3. The summed E-state index contributed by atoms with van der Waals surface area (Å²) in [5, 5.41) is 19.1. The van der Waals surface area contributed by atoms with Gasteiger partial charge in [0.15, 0.2) is 12.0 Å². The minimum atomic E-state index is -0.727. The maximum absolute atomic E-state index is 10.5. The van der Waals surface area contributed by atoms with Crippen molar-refractivity contribution in [2.24, 2.45) is 0 Å². The molecule has 0 atom stereocenters. The number of nitrogens with zero attached hydrogens (tertiary/aromatic N) is 1. The highest BCUT2D eigenvalue weighted by Gasteiger charge is 2.18. The van der Waals surface area contributed by atoms with E-state index in [9.17, 15) is 10.1 Å². The molecule has 0 bridgehead atoms. The molecule has 0 aliphatic rings. The van der Waals surface area contributed by atoms with E-state index in [2.05, 4.69) is 4.29 Å². The van der Waals surface area contributed by atoms with Crippen LogP contribution in [-0.4, -0.2) is 10.0 Å². The largest absolute Gasteiger partial charge is 0.509 e. The second-order valence-electron chi connectivity index (χ2n) is 2.34. The predicted molar refractivity (Wildman–Crippen MR) is 50.5 cm³/mol. The van der Waals surface area contributed by atoms with Gasteiger partial charge in [0, 0.05) is 0 Å². The summed E-state index contributed by atoms with van der Waals surface area (Å²) >= 11 is 5.11. The zero-order valence-corrected chi connectivity index (χ0v) is 7.64. The zero-order valence-electron chi connectivity index (χ0n) is 6.88. The number of aliphatic hydroxyl groups is 1. The Kier molecular flexibility index (Phi) is 3.30. The molecule has 1 N–H and O–H groups in total. The first-order valence-corrected chi connectivity index (χ1v) is 3.88. The van der Waals surface area contributed by atoms with Gasteiger partial charge in [-0.15, -0.1) is 0 Å². The summed E-state index contributed by atoms with van der Waals surface area (Å²) in [6, 6.07) is 6.05. The normalized spacial score (nSPS) is 11.1. The van der Waals surface area contributed by atoms with Gasteiger partial charge in [-0.1, -0.05) is 12.1 Å². The standard InChI is InChI=1S/C8H6ClNO4/c9-14-8-4-2-1-3-6(8)7(5-11)10(12)13/h1-5,11H. The molecule has 0 fully saturated rings. The lowest BCUT2D eigenvalue weighted by Crippen LogP contribution is -1.99. The summed E-state index contributed by atoms with van der Waals surface area (Å²) in [7, 11) is 0. The minimum absolute atomic E-state index is 0.117. The third kappa shape index (κ3) is 1.94. The van der Waals surface area contributed by atoms with E-state index in [1.807, 2.05) is 0 Å². The maximum atomic E-state index is 10.5. The molecule has 6 heteroatoms. The second kappa shape index (κ2) is 4.48. The lowest BCUT2D eigenvalue weighted by atomic mass is 10.1. The molecule has 1 rings (SSSR count). The molecule has 0 heterocycles. The van der Waals surface area contributed by atoms with Gasteiger partial charge >= 0.3 is 5.70 Å². The molecule has 0 aromatic heterocycles. The Hall–Kier alpha value is -1.75. The van der Waals surface area contributed by atoms with E-state index in [0.29, 0.717) is 6.26 Å². The van der Waals surface area contributed by atoms with Crippen LogP contribution in [-0.2, 0) is 0 Å². The lowest BCUT2D eigenvalue weighted by molar-refractivity contribution is -0.376. The number of para-hydroxylation sites is 1. The fourth-order valence-electron chi connectivity index (χ4n) is 0.961. The topological polar surface area (TPSA) is 72.6 Å². The first-order chi connectivity index (χ1) is 6.70. The summed E-state index contributed by atoms with van der Waals surface area (Å²) in [6.07, 6.45) is 0.398. The third-order valence-corrected chi connectivity index (χ3v) is 1.73. The number of aliphatic hydroxyl groups excluding tert-OH is 1. The van der Waals surface area contributed by atoms with E-state index in [-0.39, 0.29) is 11.3 Å². The Morgan fingerprint density at radius 1 is 1.57 bits per heavy atom. The monoisotopic (exact) mass is 215 g/mol. The van der Waals surface area contributed by atoms with Gasteiger partial charge in [0.25, 0.3) is 0 Å². The first-order valence-electron chi connectivity index (χ1n) is 3.57. The van der Waals surface area contributed by atoms with Crippen molar-refractivity contribution in [1.82, 2.24) is 0 Å². The molecular weight excluding hydrogens is 210 g/mol. The Bertz CT molecular complexity index is 377. The average molecular weight is 216 g/mol.